The number of hydrogen-bond acceptors (Lipinski definition) is 3. The second-order valence-corrected chi connectivity index (χ2v) is 5.85. The second kappa shape index (κ2) is 3.22. The van der Waals surface area contributed by atoms with Crippen molar-refractivity contribution in [2.45, 2.75) is 18.9 Å². The van der Waals surface area contributed by atoms with Gasteiger partial charge >= 0.3 is 0 Å². The number of piperidine rings is 1. The van der Waals surface area contributed by atoms with Gasteiger partial charge in [-0.15, -0.1) is 0 Å². The van der Waals surface area contributed by atoms with Gasteiger partial charge in [-0.1, -0.05) is 0 Å². The van der Waals surface area contributed by atoms with E-state index in [0.717, 1.165) is 19.4 Å². The van der Waals surface area contributed by atoms with Crippen molar-refractivity contribution in [3.63, 3.8) is 0 Å². The van der Waals surface area contributed by atoms with E-state index < -0.39 is 10.0 Å². The molecule has 13 heavy (non-hydrogen) atoms. The molecule has 2 rings (SSSR count). The van der Waals surface area contributed by atoms with Gasteiger partial charge in [0.25, 0.3) is 0 Å². The number of ether oxygens (including phenoxy) is 1. The van der Waals surface area contributed by atoms with Gasteiger partial charge in [0.15, 0.2) is 0 Å². The Kier molecular flexibility index (Phi) is 2.33. The highest BCUT2D eigenvalue weighted by Gasteiger charge is 2.36. The maximum absolute atomic E-state index is 11.3. The number of fused-ring (bicyclic) bond motifs is 1. The molecule has 2 atom stereocenters. The van der Waals surface area contributed by atoms with E-state index in [4.69, 9.17) is 4.74 Å². The Balaban J connectivity index is 2.05. The minimum Gasteiger partial charge on any atom is -0.378 e. The van der Waals surface area contributed by atoms with Gasteiger partial charge in [-0.3, -0.25) is 0 Å². The molecule has 0 aromatic carbocycles. The fraction of sp³-hybridized carbons (Fsp3) is 1.00. The first-order valence-electron chi connectivity index (χ1n) is 4.64. The highest BCUT2D eigenvalue weighted by molar-refractivity contribution is 7.88. The number of rotatable bonds is 1. The third-order valence-electron chi connectivity index (χ3n) is 2.92. The largest absolute Gasteiger partial charge is 0.378 e. The minimum absolute atomic E-state index is 0.318. The maximum atomic E-state index is 11.3. The molecule has 0 unspecified atom stereocenters. The van der Waals surface area contributed by atoms with Crippen LogP contribution in [0.4, 0.5) is 0 Å². The quantitative estimate of drug-likeness (QED) is 0.608. The van der Waals surface area contributed by atoms with Crippen LogP contribution < -0.4 is 0 Å². The van der Waals surface area contributed by atoms with Crippen LogP contribution in [-0.4, -0.2) is 44.8 Å². The molecule has 0 spiro atoms. The molecule has 2 aliphatic rings. The molecule has 0 aliphatic carbocycles. The second-order valence-electron chi connectivity index (χ2n) is 3.87. The van der Waals surface area contributed by atoms with E-state index in [1.165, 1.54) is 6.26 Å². The van der Waals surface area contributed by atoms with Crippen molar-refractivity contribution >= 4 is 10.0 Å². The summed E-state index contributed by atoms with van der Waals surface area (Å²) in [5.74, 6) is 0.434. The lowest BCUT2D eigenvalue weighted by atomic mass is 9.96. The van der Waals surface area contributed by atoms with Gasteiger partial charge < -0.3 is 4.74 Å². The Morgan fingerprint density at radius 2 is 2.15 bits per heavy atom. The van der Waals surface area contributed by atoms with Crippen molar-refractivity contribution in [2.75, 3.05) is 26.0 Å². The zero-order valence-corrected chi connectivity index (χ0v) is 8.59. The number of nitrogens with zero attached hydrogens (tertiary/aromatic N) is 1. The summed E-state index contributed by atoms with van der Waals surface area (Å²) in [6.07, 6.45) is 3.47. The van der Waals surface area contributed by atoms with E-state index in [0.29, 0.717) is 25.1 Å². The van der Waals surface area contributed by atoms with Crippen LogP contribution in [0, 0.1) is 5.92 Å². The van der Waals surface area contributed by atoms with Gasteiger partial charge in [-0.05, 0) is 12.8 Å². The van der Waals surface area contributed by atoms with Crippen molar-refractivity contribution < 1.29 is 13.2 Å². The van der Waals surface area contributed by atoms with Crippen LogP contribution in [0.15, 0.2) is 0 Å². The van der Waals surface area contributed by atoms with Crippen molar-refractivity contribution in [2.24, 2.45) is 5.92 Å². The molecule has 2 aliphatic heterocycles. The summed E-state index contributed by atoms with van der Waals surface area (Å²) >= 11 is 0. The Morgan fingerprint density at radius 1 is 1.38 bits per heavy atom. The highest BCUT2D eigenvalue weighted by atomic mass is 32.2. The number of sulfonamides is 1. The van der Waals surface area contributed by atoms with Gasteiger partial charge in [-0.25, -0.2) is 12.7 Å². The first kappa shape index (κ1) is 9.43. The number of hydrogen-bond donors (Lipinski definition) is 0. The molecule has 0 radical (unpaired) electrons. The molecular weight excluding hydrogens is 190 g/mol. The standard InChI is InChI=1S/C8H15NO3S/c1-13(10,11)9-4-2-8-7(6-9)3-5-12-8/h7-8H,2-6H2,1H3/t7-,8+/m0/s1. The summed E-state index contributed by atoms with van der Waals surface area (Å²) in [5, 5.41) is 0. The van der Waals surface area contributed by atoms with Gasteiger partial charge in [0.05, 0.1) is 12.4 Å². The average molecular weight is 205 g/mol. The molecule has 2 saturated heterocycles. The van der Waals surface area contributed by atoms with Crippen LogP contribution in [0.2, 0.25) is 0 Å². The monoisotopic (exact) mass is 205 g/mol. The third kappa shape index (κ3) is 1.87. The summed E-state index contributed by atoms with van der Waals surface area (Å²) < 4.78 is 29.6. The lowest BCUT2D eigenvalue weighted by Gasteiger charge is -2.32. The van der Waals surface area contributed by atoms with Crippen LogP contribution in [0.3, 0.4) is 0 Å². The van der Waals surface area contributed by atoms with Crippen molar-refractivity contribution in [3.05, 3.63) is 0 Å². The van der Waals surface area contributed by atoms with Crippen LogP contribution in [0.1, 0.15) is 12.8 Å². The predicted octanol–water partition coefficient (Wildman–Crippen LogP) is 0.0568. The molecule has 2 fully saturated rings. The average Bonchev–Trinajstić information content (AvgIpc) is 2.47. The molecule has 2 heterocycles. The molecular formula is C8H15NO3S. The highest BCUT2D eigenvalue weighted by Crippen LogP contribution is 2.29. The Morgan fingerprint density at radius 3 is 2.85 bits per heavy atom. The molecule has 5 heteroatoms. The van der Waals surface area contributed by atoms with E-state index in [1.807, 2.05) is 0 Å². The van der Waals surface area contributed by atoms with E-state index in [2.05, 4.69) is 0 Å². The molecule has 0 N–H and O–H groups in total. The van der Waals surface area contributed by atoms with E-state index in [1.54, 1.807) is 4.31 Å². The third-order valence-corrected chi connectivity index (χ3v) is 4.19. The SMILES string of the molecule is CS(=O)(=O)N1CC[C@H]2OCC[C@H]2C1. The lowest BCUT2D eigenvalue weighted by molar-refractivity contribution is 0.0556. The Hall–Kier alpha value is -0.130. The fourth-order valence-corrected chi connectivity index (χ4v) is 3.05. The van der Waals surface area contributed by atoms with Gasteiger partial charge in [0.1, 0.15) is 0 Å². The zero-order chi connectivity index (χ0) is 9.47. The predicted molar refractivity (Wildman–Crippen MR) is 48.9 cm³/mol. The molecule has 0 amide bonds. The van der Waals surface area contributed by atoms with Crippen molar-refractivity contribution in [1.29, 1.82) is 0 Å². The minimum atomic E-state index is -2.99. The van der Waals surface area contributed by atoms with Crippen LogP contribution in [0.5, 0.6) is 0 Å². The van der Waals surface area contributed by atoms with Gasteiger partial charge in [0, 0.05) is 25.6 Å². The topological polar surface area (TPSA) is 46.6 Å². The Bertz CT molecular complexity index is 288. The van der Waals surface area contributed by atoms with Gasteiger partial charge in [0.2, 0.25) is 10.0 Å². The van der Waals surface area contributed by atoms with Crippen LogP contribution >= 0.6 is 0 Å². The van der Waals surface area contributed by atoms with E-state index in [9.17, 15) is 8.42 Å². The first-order chi connectivity index (χ1) is 6.07. The normalized spacial score (nSPS) is 36.1. The molecule has 76 valence electrons. The maximum Gasteiger partial charge on any atom is 0.211 e. The van der Waals surface area contributed by atoms with Crippen molar-refractivity contribution in [3.8, 4) is 0 Å². The fourth-order valence-electron chi connectivity index (χ4n) is 2.15. The van der Waals surface area contributed by atoms with Crippen LogP contribution in [0.25, 0.3) is 0 Å². The Labute approximate surface area is 78.9 Å². The summed E-state index contributed by atoms with van der Waals surface area (Å²) in [6.45, 7) is 2.08. The molecule has 0 bridgehead atoms. The van der Waals surface area contributed by atoms with E-state index >= 15 is 0 Å². The molecule has 0 saturated carbocycles. The van der Waals surface area contributed by atoms with Crippen molar-refractivity contribution in [1.82, 2.24) is 4.31 Å². The molecule has 0 aromatic heterocycles. The summed E-state index contributed by atoms with van der Waals surface area (Å²) in [6, 6.07) is 0. The smallest absolute Gasteiger partial charge is 0.211 e. The van der Waals surface area contributed by atoms with Gasteiger partial charge in [-0.2, -0.15) is 0 Å². The molecule has 0 aromatic rings. The lowest BCUT2D eigenvalue weighted by Crippen LogP contribution is -2.43. The van der Waals surface area contributed by atoms with Crippen LogP contribution in [-0.2, 0) is 14.8 Å². The first-order valence-corrected chi connectivity index (χ1v) is 6.49. The summed E-state index contributed by atoms with van der Waals surface area (Å²) in [4.78, 5) is 0. The van der Waals surface area contributed by atoms with E-state index in [-0.39, 0.29) is 0 Å². The zero-order valence-electron chi connectivity index (χ0n) is 7.77. The summed E-state index contributed by atoms with van der Waals surface area (Å²) in [5.41, 5.74) is 0. The molecule has 4 nitrogen and oxygen atoms in total. The summed E-state index contributed by atoms with van der Waals surface area (Å²) in [7, 11) is -2.99.